The fourth-order valence-electron chi connectivity index (χ4n) is 1.67. The highest BCUT2D eigenvalue weighted by Gasteiger charge is 2.38. The van der Waals surface area contributed by atoms with E-state index in [9.17, 15) is 16.8 Å². The van der Waals surface area contributed by atoms with E-state index in [0.29, 0.717) is 5.30 Å². The predicted molar refractivity (Wildman–Crippen MR) is 73.6 cm³/mol. The highest BCUT2D eigenvalue weighted by Crippen LogP contribution is 2.80. The number of hydrogen-bond acceptors (Lipinski definition) is 3. The number of hydrogen-bond donors (Lipinski definition) is 0. The van der Waals surface area contributed by atoms with E-state index in [2.05, 4.69) is 20.1 Å². The van der Waals surface area contributed by atoms with Crippen molar-refractivity contribution in [3.05, 3.63) is 43.0 Å². The van der Waals surface area contributed by atoms with Crippen LogP contribution in [0, 0.1) is 0 Å². The third-order valence-corrected chi connectivity index (χ3v) is 9.98. The van der Waals surface area contributed by atoms with Crippen molar-refractivity contribution in [3.8, 4) is 0 Å². The molecule has 1 aromatic carbocycles. The van der Waals surface area contributed by atoms with Crippen LogP contribution in [0.3, 0.4) is 0 Å². The number of benzene rings is 1. The molecular weight excluding hydrogens is 319 g/mol. The first-order valence-electron chi connectivity index (χ1n) is 5.14. The van der Waals surface area contributed by atoms with Crippen LogP contribution in [0.4, 0.5) is 16.8 Å². The molecule has 0 aliphatic carbocycles. The molecule has 10 heteroatoms. The number of rotatable bonds is 3. The van der Waals surface area contributed by atoms with Gasteiger partial charge in [-0.25, -0.2) is 0 Å². The molecular formula is C9H10F4N3P3. The molecule has 1 aliphatic rings. The average Bonchev–Trinajstić information content (AvgIpc) is 2.26. The summed E-state index contributed by atoms with van der Waals surface area (Å²) in [5.41, 5.74) is 0. The summed E-state index contributed by atoms with van der Waals surface area (Å²) in [4.78, 5) is 0. The largest absolute Gasteiger partial charge is 0.421 e. The van der Waals surface area contributed by atoms with E-state index in [1.807, 2.05) is 0 Å². The van der Waals surface area contributed by atoms with Crippen LogP contribution in [0.25, 0.3) is 0 Å². The smallest absolute Gasteiger partial charge is 0.180 e. The quantitative estimate of drug-likeness (QED) is 0.350. The van der Waals surface area contributed by atoms with Crippen LogP contribution in [-0.4, -0.2) is 6.16 Å². The van der Waals surface area contributed by atoms with Crippen molar-refractivity contribution in [3.63, 3.8) is 0 Å². The van der Waals surface area contributed by atoms with Crippen molar-refractivity contribution in [1.29, 1.82) is 0 Å². The van der Waals surface area contributed by atoms with Gasteiger partial charge in [0, 0.05) is 11.5 Å². The van der Waals surface area contributed by atoms with Gasteiger partial charge < -0.3 is 0 Å². The van der Waals surface area contributed by atoms with Crippen molar-refractivity contribution in [1.82, 2.24) is 0 Å². The standard InChI is InChI=1S/C9H10F4N3P3/c1-2-8-17(9-6-4-3-5-7-9)14-18(10,11)16-19(12,13)15-17/h2-7H,1,8H2. The van der Waals surface area contributed by atoms with Gasteiger partial charge >= 0.3 is 15.7 Å². The van der Waals surface area contributed by atoms with Gasteiger partial charge in [-0.2, -0.15) is 9.03 Å². The Morgan fingerprint density at radius 2 is 1.53 bits per heavy atom. The first kappa shape index (κ1) is 14.8. The van der Waals surface area contributed by atoms with E-state index in [0.717, 1.165) is 0 Å². The molecule has 0 amide bonds. The van der Waals surface area contributed by atoms with Gasteiger partial charge in [0.2, 0.25) is 0 Å². The lowest BCUT2D eigenvalue weighted by Gasteiger charge is -2.23. The zero-order valence-electron chi connectivity index (χ0n) is 9.57. The predicted octanol–water partition coefficient (Wildman–Crippen LogP) is 6.40. The summed E-state index contributed by atoms with van der Waals surface area (Å²) in [7, 11) is -14.0. The van der Waals surface area contributed by atoms with Crippen molar-refractivity contribution in [2.45, 2.75) is 0 Å². The summed E-state index contributed by atoms with van der Waals surface area (Å²) in [5.74, 6) is 0. The Morgan fingerprint density at radius 1 is 0.947 bits per heavy atom. The molecule has 0 fully saturated rings. The van der Waals surface area contributed by atoms with E-state index in [1.165, 1.54) is 18.2 Å². The van der Waals surface area contributed by atoms with Gasteiger partial charge in [0.25, 0.3) is 0 Å². The average molecular weight is 329 g/mol. The topological polar surface area (TPSA) is 37.1 Å². The van der Waals surface area contributed by atoms with Crippen LogP contribution in [0.1, 0.15) is 0 Å². The summed E-state index contributed by atoms with van der Waals surface area (Å²) in [5, 5.41) is 0.309. The van der Waals surface area contributed by atoms with E-state index in [4.69, 9.17) is 0 Å². The molecule has 0 bridgehead atoms. The normalized spacial score (nSPS) is 27.6. The maximum Gasteiger partial charge on any atom is 0.421 e. The lowest BCUT2D eigenvalue weighted by molar-refractivity contribution is 0.701. The van der Waals surface area contributed by atoms with Crippen LogP contribution in [0.2, 0.25) is 0 Å². The molecule has 1 unspecified atom stereocenters. The van der Waals surface area contributed by atoms with Gasteiger partial charge in [0.1, 0.15) is 7.21 Å². The minimum atomic E-state index is -5.32. The summed E-state index contributed by atoms with van der Waals surface area (Å²) in [6, 6.07) is 7.84. The third kappa shape index (κ3) is 3.28. The fourth-order valence-corrected chi connectivity index (χ4v) is 9.58. The van der Waals surface area contributed by atoms with Crippen molar-refractivity contribution in [2.24, 2.45) is 13.5 Å². The van der Waals surface area contributed by atoms with E-state index in [-0.39, 0.29) is 6.16 Å². The van der Waals surface area contributed by atoms with Gasteiger partial charge in [-0.15, -0.1) is 27.9 Å². The first-order valence-corrected chi connectivity index (χ1v) is 9.98. The zero-order chi connectivity index (χ0) is 14.1. The monoisotopic (exact) mass is 329 g/mol. The molecule has 1 atom stereocenters. The Balaban J connectivity index is 2.80. The maximum absolute atomic E-state index is 13.5. The minimum Gasteiger partial charge on any atom is -0.180 e. The highest BCUT2D eigenvalue weighted by atomic mass is 31.3. The van der Waals surface area contributed by atoms with Gasteiger partial charge in [-0.1, -0.05) is 36.4 Å². The van der Waals surface area contributed by atoms with Crippen LogP contribution in [0.5, 0.6) is 0 Å². The minimum absolute atomic E-state index is 0.0995. The van der Waals surface area contributed by atoms with E-state index in [1.54, 1.807) is 18.2 Å². The molecule has 1 aromatic rings. The number of halogens is 4. The number of allylic oxidation sites excluding steroid dienone is 1. The van der Waals surface area contributed by atoms with Crippen LogP contribution < -0.4 is 5.30 Å². The summed E-state index contributed by atoms with van der Waals surface area (Å²) in [6.45, 7) is 3.43. The molecule has 0 spiro atoms. The summed E-state index contributed by atoms with van der Waals surface area (Å²) >= 11 is 0. The second-order valence-electron chi connectivity index (χ2n) is 3.72. The Hall–Kier alpha value is -0.630. The van der Waals surface area contributed by atoms with Gasteiger partial charge in [0.15, 0.2) is 0 Å². The van der Waals surface area contributed by atoms with Crippen LogP contribution in [0.15, 0.2) is 56.5 Å². The van der Waals surface area contributed by atoms with Gasteiger partial charge in [0.05, 0.1) is 0 Å². The molecule has 2 rings (SSSR count). The summed E-state index contributed by atoms with van der Waals surface area (Å²) < 4.78 is 62.8. The number of nitrogens with zero attached hydrogens (tertiary/aromatic N) is 3. The third-order valence-electron chi connectivity index (χ3n) is 2.28. The maximum atomic E-state index is 13.5. The Labute approximate surface area is 108 Å². The zero-order valence-corrected chi connectivity index (χ0v) is 12.3. The summed E-state index contributed by atoms with van der Waals surface area (Å²) in [6.07, 6.45) is 1.21. The molecule has 104 valence electrons. The van der Waals surface area contributed by atoms with Gasteiger partial charge in [-0.3, -0.25) is 0 Å². The Kier molecular flexibility index (Phi) is 3.92. The second-order valence-corrected chi connectivity index (χ2v) is 10.0. The van der Waals surface area contributed by atoms with Crippen molar-refractivity contribution >= 4 is 28.2 Å². The van der Waals surface area contributed by atoms with Crippen LogP contribution in [-0.2, 0) is 0 Å². The fraction of sp³-hybridized carbons (Fsp3) is 0.111. The molecule has 0 radical (unpaired) electrons. The van der Waals surface area contributed by atoms with Crippen molar-refractivity contribution < 1.29 is 16.8 Å². The van der Waals surface area contributed by atoms with Crippen molar-refractivity contribution in [2.75, 3.05) is 6.16 Å². The molecule has 1 heterocycles. The molecule has 0 N–H and O–H groups in total. The lowest BCUT2D eigenvalue weighted by atomic mass is 10.4. The molecule has 19 heavy (non-hydrogen) atoms. The van der Waals surface area contributed by atoms with E-state index < -0.39 is 22.9 Å². The Bertz CT molecular complexity index is 651. The Morgan fingerprint density at radius 3 is 2.05 bits per heavy atom. The molecule has 3 nitrogen and oxygen atoms in total. The molecule has 0 aromatic heterocycles. The molecule has 0 saturated carbocycles. The SMILES string of the molecule is C=CCP1(c2ccccc2)=NP(F)(F)=NP(F)(F)=N1. The highest BCUT2D eigenvalue weighted by molar-refractivity contribution is 7.85. The molecule has 1 aliphatic heterocycles. The van der Waals surface area contributed by atoms with E-state index >= 15 is 0 Å². The second kappa shape index (κ2) is 5.05. The lowest BCUT2D eigenvalue weighted by Crippen LogP contribution is -2.05. The first-order chi connectivity index (χ1) is 8.79. The van der Waals surface area contributed by atoms with Gasteiger partial charge in [-0.05, 0) is 0 Å². The molecule has 0 saturated heterocycles. The van der Waals surface area contributed by atoms with Crippen LogP contribution >= 0.6 is 22.9 Å².